The summed E-state index contributed by atoms with van der Waals surface area (Å²) in [5.41, 5.74) is 6.79. The fraction of sp³-hybridized carbons (Fsp3) is 0.368. The fourth-order valence-corrected chi connectivity index (χ4v) is 2.52. The van der Waals surface area contributed by atoms with Crippen molar-refractivity contribution in [3.63, 3.8) is 0 Å². The van der Waals surface area contributed by atoms with Crippen LogP contribution in [-0.2, 0) is 6.42 Å². The SMILES string of the molecule is CCNC(c1ccc(CC)cc1)c1ccc(C)c(C)c1. The number of hydrogen-bond donors (Lipinski definition) is 1. The van der Waals surface area contributed by atoms with Crippen LogP contribution in [0.3, 0.4) is 0 Å². The lowest BCUT2D eigenvalue weighted by Gasteiger charge is -2.20. The van der Waals surface area contributed by atoms with E-state index in [1.165, 1.54) is 27.8 Å². The molecule has 0 spiro atoms. The van der Waals surface area contributed by atoms with Crippen LogP contribution in [0.2, 0.25) is 0 Å². The number of nitrogens with one attached hydrogen (secondary N) is 1. The molecule has 0 aromatic heterocycles. The van der Waals surface area contributed by atoms with Gasteiger partial charge < -0.3 is 5.32 Å². The molecule has 0 aliphatic rings. The zero-order valence-corrected chi connectivity index (χ0v) is 13.0. The molecule has 0 heterocycles. The number of rotatable bonds is 5. The average Bonchev–Trinajstić information content (AvgIpc) is 2.48. The van der Waals surface area contributed by atoms with Gasteiger partial charge in [-0.2, -0.15) is 0 Å². The van der Waals surface area contributed by atoms with E-state index >= 15 is 0 Å². The van der Waals surface area contributed by atoms with E-state index in [0.29, 0.717) is 0 Å². The summed E-state index contributed by atoms with van der Waals surface area (Å²) in [6, 6.07) is 16.0. The Morgan fingerprint density at radius 2 is 1.50 bits per heavy atom. The molecule has 0 aliphatic heterocycles. The van der Waals surface area contributed by atoms with Gasteiger partial charge in [0.05, 0.1) is 6.04 Å². The van der Waals surface area contributed by atoms with Crippen molar-refractivity contribution in [2.45, 2.75) is 40.2 Å². The highest BCUT2D eigenvalue weighted by Gasteiger charge is 2.13. The zero-order valence-electron chi connectivity index (χ0n) is 13.0. The van der Waals surface area contributed by atoms with Gasteiger partial charge in [-0.1, -0.05) is 56.3 Å². The molecule has 0 aliphatic carbocycles. The molecule has 0 saturated carbocycles. The molecule has 1 unspecified atom stereocenters. The van der Waals surface area contributed by atoms with E-state index < -0.39 is 0 Å². The van der Waals surface area contributed by atoms with E-state index in [1.807, 2.05) is 0 Å². The molecule has 0 bridgehead atoms. The molecular formula is C19H25N. The summed E-state index contributed by atoms with van der Waals surface area (Å²) in [6.07, 6.45) is 1.09. The van der Waals surface area contributed by atoms with Crippen molar-refractivity contribution in [1.29, 1.82) is 0 Å². The van der Waals surface area contributed by atoms with Gasteiger partial charge in [0, 0.05) is 0 Å². The van der Waals surface area contributed by atoms with Crippen molar-refractivity contribution in [1.82, 2.24) is 5.32 Å². The Balaban J connectivity index is 2.35. The van der Waals surface area contributed by atoms with Crippen LogP contribution in [-0.4, -0.2) is 6.54 Å². The summed E-state index contributed by atoms with van der Waals surface area (Å²) in [7, 11) is 0. The molecule has 106 valence electrons. The molecule has 0 amide bonds. The molecule has 2 rings (SSSR count). The van der Waals surface area contributed by atoms with Crippen molar-refractivity contribution < 1.29 is 0 Å². The Hall–Kier alpha value is -1.60. The van der Waals surface area contributed by atoms with Gasteiger partial charge in [-0.15, -0.1) is 0 Å². The first-order chi connectivity index (χ1) is 9.65. The summed E-state index contributed by atoms with van der Waals surface area (Å²) < 4.78 is 0. The van der Waals surface area contributed by atoms with Crippen molar-refractivity contribution in [3.05, 3.63) is 70.3 Å². The summed E-state index contributed by atoms with van der Waals surface area (Å²) in [5.74, 6) is 0. The van der Waals surface area contributed by atoms with Crippen LogP contribution in [0, 0.1) is 13.8 Å². The largest absolute Gasteiger partial charge is 0.307 e. The highest BCUT2D eigenvalue weighted by Crippen LogP contribution is 2.24. The number of benzene rings is 2. The Kier molecular flexibility index (Phi) is 4.97. The first-order valence-electron chi connectivity index (χ1n) is 7.55. The van der Waals surface area contributed by atoms with E-state index in [4.69, 9.17) is 0 Å². The monoisotopic (exact) mass is 267 g/mol. The Bertz CT molecular complexity index is 554. The van der Waals surface area contributed by atoms with Crippen LogP contribution < -0.4 is 5.32 Å². The third kappa shape index (κ3) is 3.29. The van der Waals surface area contributed by atoms with Gasteiger partial charge in [0.2, 0.25) is 0 Å². The van der Waals surface area contributed by atoms with Crippen LogP contribution in [0.5, 0.6) is 0 Å². The maximum Gasteiger partial charge on any atom is 0.0576 e. The first-order valence-corrected chi connectivity index (χ1v) is 7.55. The molecule has 1 nitrogen and oxygen atoms in total. The number of aryl methyl sites for hydroxylation is 3. The highest BCUT2D eigenvalue weighted by molar-refractivity contribution is 5.38. The van der Waals surface area contributed by atoms with E-state index in [-0.39, 0.29) is 6.04 Å². The fourth-order valence-electron chi connectivity index (χ4n) is 2.52. The smallest absolute Gasteiger partial charge is 0.0576 e. The van der Waals surface area contributed by atoms with Gasteiger partial charge in [-0.3, -0.25) is 0 Å². The van der Waals surface area contributed by atoms with Gasteiger partial charge in [0.15, 0.2) is 0 Å². The maximum atomic E-state index is 3.60. The lowest BCUT2D eigenvalue weighted by Crippen LogP contribution is -2.22. The van der Waals surface area contributed by atoms with E-state index in [1.54, 1.807) is 0 Å². The van der Waals surface area contributed by atoms with Crippen molar-refractivity contribution >= 4 is 0 Å². The Labute approximate surface area is 123 Å². The van der Waals surface area contributed by atoms with Gasteiger partial charge >= 0.3 is 0 Å². The van der Waals surface area contributed by atoms with E-state index in [9.17, 15) is 0 Å². The third-order valence-electron chi connectivity index (χ3n) is 3.99. The second kappa shape index (κ2) is 6.71. The van der Waals surface area contributed by atoms with Gasteiger partial charge in [0.25, 0.3) is 0 Å². The van der Waals surface area contributed by atoms with Crippen LogP contribution >= 0.6 is 0 Å². The standard InChI is InChI=1S/C19H25N/c1-5-16-8-11-17(12-9-16)19(20-6-2)18-10-7-14(3)15(4)13-18/h7-13,19-20H,5-6H2,1-4H3. The minimum Gasteiger partial charge on any atom is -0.307 e. The maximum absolute atomic E-state index is 3.60. The second-order valence-electron chi connectivity index (χ2n) is 5.43. The molecule has 2 aromatic carbocycles. The second-order valence-corrected chi connectivity index (χ2v) is 5.43. The van der Waals surface area contributed by atoms with Gasteiger partial charge in [-0.05, 0) is 54.6 Å². The van der Waals surface area contributed by atoms with Crippen molar-refractivity contribution in [2.24, 2.45) is 0 Å². The Morgan fingerprint density at radius 3 is 2.05 bits per heavy atom. The molecule has 1 N–H and O–H groups in total. The molecular weight excluding hydrogens is 242 g/mol. The lowest BCUT2D eigenvalue weighted by molar-refractivity contribution is 0.630. The minimum absolute atomic E-state index is 0.283. The third-order valence-corrected chi connectivity index (χ3v) is 3.99. The molecule has 2 aromatic rings. The molecule has 0 radical (unpaired) electrons. The highest BCUT2D eigenvalue weighted by atomic mass is 14.9. The van der Waals surface area contributed by atoms with Gasteiger partial charge in [-0.25, -0.2) is 0 Å². The normalized spacial score (nSPS) is 12.4. The summed E-state index contributed by atoms with van der Waals surface area (Å²) in [4.78, 5) is 0. The minimum atomic E-state index is 0.283. The summed E-state index contributed by atoms with van der Waals surface area (Å²) >= 11 is 0. The molecule has 1 heteroatoms. The topological polar surface area (TPSA) is 12.0 Å². The molecule has 1 atom stereocenters. The van der Waals surface area contributed by atoms with Crippen LogP contribution in [0.1, 0.15) is 47.7 Å². The molecule has 20 heavy (non-hydrogen) atoms. The molecule has 0 saturated heterocycles. The predicted molar refractivity (Wildman–Crippen MR) is 87.3 cm³/mol. The molecule has 0 fully saturated rings. The Morgan fingerprint density at radius 1 is 0.850 bits per heavy atom. The lowest BCUT2D eigenvalue weighted by atomic mass is 9.95. The zero-order chi connectivity index (χ0) is 14.5. The van der Waals surface area contributed by atoms with Crippen LogP contribution in [0.15, 0.2) is 42.5 Å². The predicted octanol–water partition coefficient (Wildman–Crippen LogP) is 4.56. The first kappa shape index (κ1) is 14.8. The van der Waals surface area contributed by atoms with Crippen LogP contribution in [0.4, 0.5) is 0 Å². The summed E-state index contributed by atoms with van der Waals surface area (Å²) in [6.45, 7) is 9.67. The quantitative estimate of drug-likeness (QED) is 0.837. The van der Waals surface area contributed by atoms with E-state index in [2.05, 4.69) is 75.5 Å². The van der Waals surface area contributed by atoms with E-state index in [0.717, 1.165) is 13.0 Å². The van der Waals surface area contributed by atoms with Crippen molar-refractivity contribution in [2.75, 3.05) is 6.54 Å². The van der Waals surface area contributed by atoms with Crippen molar-refractivity contribution in [3.8, 4) is 0 Å². The van der Waals surface area contributed by atoms with Gasteiger partial charge in [0.1, 0.15) is 0 Å². The van der Waals surface area contributed by atoms with Crippen LogP contribution in [0.25, 0.3) is 0 Å². The number of hydrogen-bond acceptors (Lipinski definition) is 1. The average molecular weight is 267 g/mol. The summed E-state index contributed by atoms with van der Waals surface area (Å²) in [5, 5.41) is 3.60.